The van der Waals surface area contributed by atoms with Crippen LogP contribution >= 0.6 is 11.8 Å². The normalized spacial score (nSPS) is 15.9. The Hall–Kier alpha value is -2.92. The van der Waals surface area contributed by atoms with Crippen LogP contribution in [0.1, 0.15) is 26.9 Å². The second kappa shape index (κ2) is 9.05. The lowest BCUT2D eigenvalue weighted by Crippen LogP contribution is -2.30. The van der Waals surface area contributed by atoms with Crippen molar-refractivity contribution in [3.63, 3.8) is 0 Å². The smallest absolute Gasteiger partial charge is 0.255 e. The molecule has 1 saturated heterocycles. The fourth-order valence-corrected chi connectivity index (χ4v) is 4.64. The summed E-state index contributed by atoms with van der Waals surface area (Å²) in [6.07, 6.45) is 0. The zero-order chi connectivity index (χ0) is 20.1. The van der Waals surface area contributed by atoms with E-state index in [1.54, 1.807) is 18.9 Å². The standard InChI is InChI=1S/C24H23NO3S/c1-27-21-13-12-20(16-22(21)28-17-18-8-4-2-5-9-18)24-25(14-15-29-24)23(26)19-10-6-3-7-11-19/h2-13,16,24H,14-15,17H2,1H3. The van der Waals surface area contributed by atoms with Crippen molar-refractivity contribution in [3.05, 3.63) is 95.6 Å². The summed E-state index contributed by atoms with van der Waals surface area (Å²) in [5.74, 6) is 2.35. The molecular weight excluding hydrogens is 382 g/mol. The van der Waals surface area contributed by atoms with Crippen LogP contribution in [0.15, 0.2) is 78.9 Å². The Kier molecular flexibility index (Phi) is 6.06. The number of thioether (sulfide) groups is 1. The highest BCUT2D eigenvalue weighted by atomic mass is 32.2. The van der Waals surface area contributed by atoms with E-state index in [1.807, 2.05) is 83.8 Å². The fraction of sp³-hybridized carbons (Fsp3) is 0.208. The number of carbonyl (C=O) groups excluding carboxylic acids is 1. The molecule has 0 bridgehead atoms. The molecule has 1 aliphatic rings. The summed E-state index contributed by atoms with van der Waals surface area (Å²) < 4.78 is 11.5. The van der Waals surface area contributed by atoms with Gasteiger partial charge in [0.05, 0.1) is 7.11 Å². The molecule has 29 heavy (non-hydrogen) atoms. The second-order valence-corrected chi connectivity index (χ2v) is 7.96. The van der Waals surface area contributed by atoms with Gasteiger partial charge in [-0.05, 0) is 35.4 Å². The van der Waals surface area contributed by atoms with Crippen molar-refractivity contribution in [3.8, 4) is 11.5 Å². The number of nitrogens with zero attached hydrogens (tertiary/aromatic N) is 1. The third-order valence-electron chi connectivity index (χ3n) is 4.88. The van der Waals surface area contributed by atoms with Gasteiger partial charge in [0.25, 0.3) is 5.91 Å². The maximum absolute atomic E-state index is 13.0. The summed E-state index contributed by atoms with van der Waals surface area (Å²) in [7, 11) is 1.64. The van der Waals surface area contributed by atoms with Crippen LogP contribution in [0.5, 0.6) is 11.5 Å². The summed E-state index contributed by atoms with van der Waals surface area (Å²) in [5.41, 5.74) is 2.85. The molecule has 5 heteroatoms. The number of hydrogen-bond donors (Lipinski definition) is 0. The zero-order valence-corrected chi connectivity index (χ0v) is 17.1. The van der Waals surface area contributed by atoms with Crippen molar-refractivity contribution in [2.45, 2.75) is 12.0 Å². The molecule has 3 aromatic rings. The average Bonchev–Trinajstić information content (AvgIpc) is 3.28. The summed E-state index contributed by atoms with van der Waals surface area (Å²) in [4.78, 5) is 14.9. The molecule has 1 atom stereocenters. The van der Waals surface area contributed by atoms with Gasteiger partial charge in [0.1, 0.15) is 12.0 Å². The Balaban J connectivity index is 1.56. The van der Waals surface area contributed by atoms with Crippen LogP contribution in [0.3, 0.4) is 0 Å². The minimum absolute atomic E-state index is 0.0345. The highest BCUT2D eigenvalue weighted by Crippen LogP contribution is 2.41. The monoisotopic (exact) mass is 405 g/mol. The van der Waals surface area contributed by atoms with Crippen LogP contribution in [-0.2, 0) is 6.61 Å². The molecule has 0 spiro atoms. The first-order chi connectivity index (χ1) is 14.3. The van der Waals surface area contributed by atoms with Crippen LogP contribution in [0.2, 0.25) is 0 Å². The lowest BCUT2D eigenvalue weighted by atomic mass is 10.1. The summed E-state index contributed by atoms with van der Waals surface area (Å²) >= 11 is 1.77. The van der Waals surface area contributed by atoms with Crippen molar-refractivity contribution in [1.29, 1.82) is 0 Å². The van der Waals surface area contributed by atoms with E-state index in [1.165, 1.54) is 0 Å². The number of ether oxygens (including phenoxy) is 2. The van der Waals surface area contributed by atoms with E-state index in [4.69, 9.17) is 9.47 Å². The molecule has 148 valence electrons. The molecule has 0 N–H and O–H groups in total. The van der Waals surface area contributed by atoms with E-state index >= 15 is 0 Å². The quantitative estimate of drug-likeness (QED) is 0.568. The van der Waals surface area contributed by atoms with Gasteiger partial charge >= 0.3 is 0 Å². The van der Waals surface area contributed by atoms with Crippen molar-refractivity contribution in [2.75, 3.05) is 19.4 Å². The van der Waals surface area contributed by atoms with Crippen LogP contribution in [-0.4, -0.2) is 30.2 Å². The largest absolute Gasteiger partial charge is 0.493 e. The van der Waals surface area contributed by atoms with Crippen molar-refractivity contribution < 1.29 is 14.3 Å². The number of benzene rings is 3. The number of carbonyl (C=O) groups is 1. The molecule has 4 rings (SSSR count). The van der Waals surface area contributed by atoms with Crippen LogP contribution in [0.25, 0.3) is 0 Å². The number of methoxy groups -OCH3 is 1. The molecule has 1 amide bonds. The predicted molar refractivity (Wildman–Crippen MR) is 116 cm³/mol. The van der Waals surface area contributed by atoms with E-state index < -0.39 is 0 Å². The number of rotatable bonds is 6. The lowest BCUT2D eigenvalue weighted by molar-refractivity contribution is 0.0760. The Morgan fingerprint density at radius 1 is 1.00 bits per heavy atom. The van der Waals surface area contributed by atoms with E-state index in [-0.39, 0.29) is 11.3 Å². The number of amides is 1. The first kappa shape index (κ1) is 19.4. The third kappa shape index (κ3) is 4.40. The van der Waals surface area contributed by atoms with Gasteiger partial charge in [-0.3, -0.25) is 4.79 Å². The highest BCUT2D eigenvalue weighted by Gasteiger charge is 2.31. The van der Waals surface area contributed by atoms with Gasteiger partial charge in [-0.15, -0.1) is 11.8 Å². The Bertz CT molecular complexity index is 962. The highest BCUT2D eigenvalue weighted by molar-refractivity contribution is 7.99. The molecule has 1 aliphatic heterocycles. The third-order valence-corrected chi connectivity index (χ3v) is 6.14. The molecule has 1 unspecified atom stereocenters. The molecule has 1 heterocycles. The molecule has 0 aromatic heterocycles. The number of hydrogen-bond acceptors (Lipinski definition) is 4. The van der Waals surface area contributed by atoms with Crippen LogP contribution < -0.4 is 9.47 Å². The van der Waals surface area contributed by atoms with Crippen LogP contribution in [0, 0.1) is 0 Å². The zero-order valence-electron chi connectivity index (χ0n) is 16.3. The fourth-order valence-electron chi connectivity index (χ4n) is 3.40. The summed E-state index contributed by atoms with van der Waals surface area (Å²) in [6, 6.07) is 25.4. The van der Waals surface area contributed by atoms with Gasteiger partial charge in [-0.1, -0.05) is 54.6 Å². The lowest BCUT2D eigenvalue weighted by Gasteiger charge is -2.25. The molecule has 0 aliphatic carbocycles. The van der Waals surface area contributed by atoms with Crippen LogP contribution in [0.4, 0.5) is 0 Å². The van der Waals surface area contributed by atoms with Gasteiger partial charge in [0, 0.05) is 17.9 Å². The van der Waals surface area contributed by atoms with E-state index in [9.17, 15) is 4.79 Å². The van der Waals surface area contributed by atoms with E-state index in [2.05, 4.69) is 0 Å². The molecule has 4 nitrogen and oxygen atoms in total. The van der Waals surface area contributed by atoms with Crippen molar-refractivity contribution in [2.24, 2.45) is 0 Å². The molecule has 0 radical (unpaired) electrons. The minimum atomic E-state index is -0.0345. The second-order valence-electron chi connectivity index (χ2n) is 6.77. The topological polar surface area (TPSA) is 38.8 Å². The first-order valence-corrected chi connectivity index (χ1v) is 10.6. The van der Waals surface area contributed by atoms with Gasteiger partial charge in [-0.2, -0.15) is 0 Å². The minimum Gasteiger partial charge on any atom is -0.493 e. The van der Waals surface area contributed by atoms with Gasteiger partial charge in [-0.25, -0.2) is 0 Å². The molecule has 0 saturated carbocycles. The van der Waals surface area contributed by atoms with E-state index in [0.717, 1.165) is 23.4 Å². The SMILES string of the molecule is COc1ccc(C2SCCN2C(=O)c2ccccc2)cc1OCc1ccccc1. The average molecular weight is 406 g/mol. The van der Waals surface area contributed by atoms with Crippen molar-refractivity contribution in [1.82, 2.24) is 4.90 Å². The Morgan fingerprint density at radius 3 is 2.45 bits per heavy atom. The predicted octanol–water partition coefficient (Wildman–Crippen LogP) is 5.16. The van der Waals surface area contributed by atoms with E-state index in [0.29, 0.717) is 23.7 Å². The van der Waals surface area contributed by atoms with Crippen molar-refractivity contribution >= 4 is 17.7 Å². The Labute approximate surface area is 175 Å². The maximum Gasteiger partial charge on any atom is 0.255 e. The maximum atomic E-state index is 13.0. The molecule has 3 aromatic carbocycles. The van der Waals surface area contributed by atoms with Gasteiger partial charge in [0.15, 0.2) is 11.5 Å². The molecular formula is C24H23NO3S. The van der Waals surface area contributed by atoms with Gasteiger partial charge < -0.3 is 14.4 Å². The summed E-state index contributed by atoms with van der Waals surface area (Å²) in [5, 5.41) is -0.0345. The first-order valence-electron chi connectivity index (χ1n) is 9.58. The summed E-state index contributed by atoms with van der Waals surface area (Å²) in [6.45, 7) is 1.19. The van der Waals surface area contributed by atoms with Gasteiger partial charge in [0.2, 0.25) is 0 Å². The molecule has 1 fully saturated rings. The Morgan fingerprint density at radius 2 is 1.72 bits per heavy atom.